The summed E-state index contributed by atoms with van der Waals surface area (Å²) < 4.78 is 101. The van der Waals surface area contributed by atoms with Crippen molar-refractivity contribution in [3.63, 3.8) is 0 Å². The van der Waals surface area contributed by atoms with Crippen molar-refractivity contribution >= 4 is 23.9 Å². The highest BCUT2D eigenvalue weighted by Gasteiger charge is 2.59. The number of hydrogen-bond donors (Lipinski definition) is 2. The number of aromatic nitrogens is 4. The average molecular weight is 813 g/mol. The summed E-state index contributed by atoms with van der Waals surface area (Å²) in [4.78, 5) is 94.9. The van der Waals surface area contributed by atoms with E-state index in [1.807, 2.05) is 0 Å². The van der Waals surface area contributed by atoms with Crippen molar-refractivity contribution in [2.24, 2.45) is 0 Å². The zero-order valence-corrected chi connectivity index (χ0v) is 30.8. The molecule has 0 bridgehead atoms. The molecule has 20 nitrogen and oxygen atoms in total. The van der Waals surface area contributed by atoms with Crippen molar-refractivity contribution in [2.75, 3.05) is 27.4 Å². The Morgan fingerprint density at radius 1 is 0.661 bits per heavy atom. The number of halogens is 4. The lowest BCUT2D eigenvalue weighted by Gasteiger charge is -2.44. The van der Waals surface area contributed by atoms with E-state index in [-0.39, 0.29) is 13.2 Å². The number of methoxy groups -OCH3 is 2. The summed E-state index contributed by atoms with van der Waals surface area (Å²) in [6.07, 6.45) is -8.62. The minimum atomic E-state index is -2.55. The van der Waals surface area contributed by atoms with Gasteiger partial charge in [-0.3, -0.25) is 47.9 Å². The lowest BCUT2D eigenvalue weighted by molar-refractivity contribution is -0.293. The fourth-order valence-corrected chi connectivity index (χ4v) is 5.96. The molecule has 0 aromatic carbocycles. The number of rotatable bonds is 12. The molecule has 24 heteroatoms. The van der Waals surface area contributed by atoms with E-state index >= 15 is 8.78 Å². The third-order valence-electron chi connectivity index (χ3n) is 8.28. The molecule has 312 valence electrons. The molecule has 0 spiro atoms. The van der Waals surface area contributed by atoms with Crippen LogP contribution in [0, 0.1) is 11.6 Å². The molecule has 56 heavy (non-hydrogen) atoms. The third-order valence-corrected chi connectivity index (χ3v) is 8.28. The molecule has 2 fully saturated rings. The Bertz CT molecular complexity index is 1850. The van der Waals surface area contributed by atoms with Crippen LogP contribution in [0.4, 0.5) is 17.6 Å². The smallest absolute Gasteiger partial charge is 0.328 e. The standard InChI is InChI=1S/2C16H20F2N2O8/c2*1-8(21)27-11-7-26-14(25-3)16(18,12(11)28-9(2)22)4-5-20-6-10(17)13(23)19-15(20)24/h2*6,11-12,14H,4-5,7H2,1-3H3,(H,19,23,24)/t11-,12-,14+,16-;11-,12-,14-,16-/m11/s1. The zero-order valence-electron chi connectivity index (χ0n) is 30.8. The summed E-state index contributed by atoms with van der Waals surface area (Å²) in [5.41, 5.74) is -9.43. The van der Waals surface area contributed by atoms with Crippen LogP contribution in [0.15, 0.2) is 31.6 Å². The Hall–Kier alpha value is -5.20. The SMILES string of the molecule is CO[C@@H]1OC[C@@H](OC(C)=O)[C@@H](OC(C)=O)[C@]1(F)CCn1cc(F)c(=O)[nH]c1=O.CO[C@H]1OC[C@@H](OC(C)=O)[C@@H](OC(C)=O)[C@]1(F)CCn1cc(F)c(=O)[nH]c1=O. The van der Waals surface area contributed by atoms with Crippen molar-refractivity contribution in [1.29, 1.82) is 0 Å². The van der Waals surface area contributed by atoms with Crippen LogP contribution in [0.25, 0.3) is 0 Å². The number of H-pyrrole nitrogens is 2. The Morgan fingerprint density at radius 3 is 1.27 bits per heavy atom. The Morgan fingerprint density at radius 2 is 0.982 bits per heavy atom. The van der Waals surface area contributed by atoms with E-state index in [4.69, 9.17) is 37.9 Å². The molecule has 2 aliphatic heterocycles. The first-order chi connectivity index (χ1) is 26.2. The minimum Gasteiger partial charge on any atom is -0.456 e. The first kappa shape index (κ1) is 45.2. The van der Waals surface area contributed by atoms with Crippen molar-refractivity contribution in [2.45, 2.75) is 102 Å². The summed E-state index contributed by atoms with van der Waals surface area (Å²) >= 11 is 0. The molecule has 0 unspecified atom stereocenters. The Labute approximate surface area is 312 Å². The normalized spacial score (nSPS) is 27.2. The number of aryl methyl sites for hydroxylation is 2. The highest BCUT2D eigenvalue weighted by atomic mass is 19.2. The highest BCUT2D eigenvalue weighted by Crippen LogP contribution is 2.39. The van der Waals surface area contributed by atoms with Gasteiger partial charge in [0.15, 0.2) is 37.0 Å². The quantitative estimate of drug-likeness (QED) is 0.152. The third kappa shape index (κ3) is 11.0. The Kier molecular flexibility index (Phi) is 15.4. The van der Waals surface area contributed by atoms with Crippen molar-refractivity contribution in [1.82, 2.24) is 19.1 Å². The van der Waals surface area contributed by atoms with Crippen molar-refractivity contribution in [3.8, 4) is 0 Å². The maximum atomic E-state index is 16.0. The predicted molar refractivity (Wildman–Crippen MR) is 175 cm³/mol. The van der Waals surface area contributed by atoms with Crippen LogP contribution in [0.5, 0.6) is 0 Å². The minimum absolute atomic E-state index is 0.297. The number of esters is 4. The predicted octanol–water partition coefficient (Wildman–Crippen LogP) is -0.720. The maximum Gasteiger partial charge on any atom is 0.328 e. The van der Waals surface area contributed by atoms with Crippen LogP contribution < -0.4 is 22.5 Å². The van der Waals surface area contributed by atoms with E-state index in [0.29, 0.717) is 12.4 Å². The van der Waals surface area contributed by atoms with Gasteiger partial charge in [0.25, 0.3) is 11.1 Å². The summed E-state index contributed by atoms with van der Waals surface area (Å²) in [6, 6.07) is 0. The van der Waals surface area contributed by atoms with Crippen LogP contribution in [0.1, 0.15) is 40.5 Å². The molecule has 4 heterocycles. The van der Waals surface area contributed by atoms with Gasteiger partial charge in [0.05, 0.1) is 25.6 Å². The van der Waals surface area contributed by atoms with Crippen LogP contribution in [-0.4, -0.2) is 119 Å². The van der Waals surface area contributed by atoms with Gasteiger partial charge in [-0.1, -0.05) is 0 Å². The fourth-order valence-electron chi connectivity index (χ4n) is 5.96. The Balaban J connectivity index is 0.000000300. The molecular weight excluding hydrogens is 772 g/mol. The van der Waals surface area contributed by atoms with Crippen LogP contribution in [0.2, 0.25) is 0 Å². The van der Waals surface area contributed by atoms with E-state index in [1.54, 1.807) is 9.97 Å². The first-order valence-corrected chi connectivity index (χ1v) is 16.5. The van der Waals surface area contributed by atoms with Gasteiger partial charge in [-0.25, -0.2) is 18.4 Å². The monoisotopic (exact) mass is 812 g/mol. The summed E-state index contributed by atoms with van der Waals surface area (Å²) in [5.74, 6) is -5.64. The number of nitrogens with one attached hydrogen (secondary N) is 2. The zero-order chi connectivity index (χ0) is 42.1. The number of alkyl halides is 2. The van der Waals surface area contributed by atoms with E-state index in [0.717, 1.165) is 51.0 Å². The number of carbonyl (C=O) groups excluding carboxylic acids is 4. The molecule has 2 N–H and O–H groups in total. The van der Waals surface area contributed by atoms with Gasteiger partial charge in [0.1, 0.15) is 0 Å². The fraction of sp³-hybridized carbons (Fsp3) is 0.625. The topological polar surface area (TPSA) is 252 Å². The molecule has 2 aromatic rings. The van der Waals surface area contributed by atoms with Crippen LogP contribution in [-0.2, 0) is 70.2 Å². The van der Waals surface area contributed by atoms with Gasteiger partial charge in [-0.05, 0) is 0 Å². The molecule has 2 aliphatic rings. The van der Waals surface area contributed by atoms with Gasteiger partial charge in [0, 0.05) is 67.8 Å². The number of carbonyl (C=O) groups is 4. The molecule has 0 aliphatic carbocycles. The van der Waals surface area contributed by atoms with E-state index in [2.05, 4.69) is 0 Å². The number of ether oxygens (including phenoxy) is 8. The maximum absolute atomic E-state index is 16.0. The molecule has 2 aromatic heterocycles. The molecule has 0 amide bonds. The molecular formula is C32H40F4N4O16. The van der Waals surface area contributed by atoms with E-state index in [1.165, 1.54) is 0 Å². The lowest BCUT2D eigenvalue weighted by atomic mass is 9.87. The van der Waals surface area contributed by atoms with Crippen molar-refractivity contribution < 1.29 is 74.6 Å². The van der Waals surface area contributed by atoms with Gasteiger partial charge >= 0.3 is 35.3 Å². The number of hydrogen-bond acceptors (Lipinski definition) is 16. The van der Waals surface area contributed by atoms with E-state index in [9.17, 15) is 47.1 Å². The van der Waals surface area contributed by atoms with Gasteiger partial charge < -0.3 is 37.9 Å². The highest BCUT2D eigenvalue weighted by molar-refractivity contribution is 5.68. The largest absolute Gasteiger partial charge is 0.456 e. The molecule has 2 saturated heterocycles. The second kappa shape index (κ2) is 19.1. The van der Waals surface area contributed by atoms with Gasteiger partial charge in [-0.15, -0.1) is 0 Å². The summed E-state index contributed by atoms with van der Waals surface area (Å²) in [6.45, 7) is 2.84. The summed E-state index contributed by atoms with van der Waals surface area (Å²) in [7, 11) is 2.31. The first-order valence-electron chi connectivity index (χ1n) is 16.5. The second-order valence-electron chi connectivity index (χ2n) is 12.4. The molecule has 0 saturated carbocycles. The van der Waals surface area contributed by atoms with Gasteiger partial charge in [0.2, 0.25) is 23.0 Å². The van der Waals surface area contributed by atoms with E-state index < -0.39 is 132 Å². The summed E-state index contributed by atoms with van der Waals surface area (Å²) in [5, 5.41) is 0. The molecule has 4 rings (SSSR count). The second-order valence-corrected chi connectivity index (χ2v) is 12.4. The number of nitrogens with zero attached hydrogens (tertiary/aromatic N) is 2. The average Bonchev–Trinajstić information content (AvgIpc) is 3.10. The number of aromatic amines is 2. The molecule has 8 atom stereocenters. The van der Waals surface area contributed by atoms with Crippen LogP contribution >= 0.6 is 0 Å². The van der Waals surface area contributed by atoms with Gasteiger partial charge in [-0.2, -0.15) is 8.78 Å². The van der Waals surface area contributed by atoms with Crippen LogP contribution in [0.3, 0.4) is 0 Å². The van der Waals surface area contributed by atoms with Crippen molar-refractivity contribution in [3.05, 3.63) is 65.7 Å². The molecule has 0 radical (unpaired) electrons. The lowest BCUT2D eigenvalue weighted by Crippen LogP contribution is -2.63.